The van der Waals surface area contributed by atoms with Gasteiger partial charge in [0.05, 0.1) is 17.6 Å². The van der Waals surface area contributed by atoms with Gasteiger partial charge in [0.25, 0.3) is 0 Å². The summed E-state index contributed by atoms with van der Waals surface area (Å²) in [5.74, 6) is -0.873. The van der Waals surface area contributed by atoms with Crippen LogP contribution in [0.3, 0.4) is 0 Å². The molecule has 0 saturated heterocycles. The molecule has 0 aliphatic carbocycles. The molecule has 2 aromatic rings. The summed E-state index contributed by atoms with van der Waals surface area (Å²) in [7, 11) is -3.35. The van der Waals surface area contributed by atoms with E-state index < -0.39 is 16.0 Å². The van der Waals surface area contributed by atoms with Crippen molar-refractivity contribution in [1.82, 2.24) is 9.78 Å². The number of fused-ring (bicyclic) bond motifs is 1. The SMILES string of the molecule is Cc1cc(C)n(CC(=O)OCC(=O)c2ccc3c(c2)CCCN3S(C)(=O)=O)n1. The lowest BCUT2D eigenvalue weighted by molar-refractivity contribution is -0.143. The number of ether oxygens (including phenoxy) is 1. The van der Waals surface area contributed by atoms with Gasteiger partial charge in [0.2, 0.25) is 10.0 Å². The summed E-state index contributed by atoms with van der Waals surface area (Å²) in [5, 5.41) is 4.19. The molecule has 28 heavy (non-hydrogen) atoms. The van der Waals surface area contributed by atoms with Gasteiger partial charge in [-0.1, -0.05) is 0 Å². The first kappa shape index (κ1) is 20.1. The van der Waals surface area contributed by atoms with Gasteiger partial charge in [-0.15, -0.1) is 0 Å². The zero-order valence-corrected chi connectivity index (χ0v) is 17.0. The molecule has 1 aromatic heterocycles. The Morgan fingerprint density at radius 3 is 2.61 bits per heavy atom. The van der Waals surface area contributed by atoms with Gasteiger partial charge in [-0.2, -0.15) is 5.10 Å². The molecular formula is C19H23N3O5S. The maximum atomic E-state index is 12.4. The van der Waals surface area contributed by atoms with Gasteiger partial charge in [0, 0.05) is 17.8 Å². The minimum atomic E-state index is -3.35. The Morgan fingerprint density at radius 2 is 1.96 bits per heavy atom. The van der Waals surface area contributed by atoms with Crippen molar-refractivity contribution in [3.05, 3.63) is 46.8 Å². The average molecular weight is 405 g/mol. The molecular weight excluding hydrogens is 382 g/mol. The van der Waals surface area contributed by atoms with Gasteiger partial charge in [-0.05, 0) is 56.5 Å². The van der Waals surface area contributed by atoms with Crippen LogP contribution in [0.1, 0.15) is 33.7 Å². The highest BCUT2D eigenvalue weighted by Crippen LogP contribution is 2.30. The van der Waals surface area contributed by atoms with Gasteiger partial charge in [-0.3, -0.25) is 18.6 Å². The minimum Gasteiger partial charge on any atom is -0.456 e. The monoisotopic (exact) mass is 405 g/mol. The first-order chi connectivity index (χ1) is 13.1. The Kier molecular flexibility index (Phi) is 5.55. The molecule has 150 valence electrons. The number of aromatic nitrogens is 2. The lowest BCUT2D eigenvalue weighted by atomic mass is 9.99. The predicted molar refractivity (Wildman–Crippen MR) is 104 cm³/mol. The van der Waals surface area contributed by atoms with E-state index in [9.17, 15) is 18.0 Å². The maximum Gasteiger partial charge on any atom is 0.328 e. The van der Waals surface area contributed by atoms with Crippen molar-refractivity contribution < 1.29 is 22.7 Å². The zero-order valence-electron chi connectivity index (χ0n) is 16.1. The van der Waals surface area contributed by atoms with Crippen LogP contribution >= 0.6 is 0 Å². The number of carbonyl (C=O) groups is 2. The van der Waals surface area contributed by atoms with Crippen molar-refractivity contribution in [3.8, 4) is 0 Å². The van der Waals surface area contributed by atoms with E-state index in [1.807, 2.05) is 19.9 Å². The molecule has 9 heteroatoms. The second kappa shape index (κ2) is 7.75. The van der Waals surface area contributed by atoms with E-state index in [1.165, 1.54) is 15.2 Å². The van der Waals surface area contributed by atoms with Gasteiger partial charge >= 0.3 is 5.97 Å². The molecule has 0 saturated carbocycles. The van der Waals surface area contributed by atoms with Crippen LogP contribution < -0.4 is 4.31 Å². The van der Waals surface area contributed by atoms with E-state index in [2.05, 4.69) is 5.10 Å². The summed E-state index contributed by atoms with van der Waals surface area (Å²) >= 11 is 0. The third kappa shape index (κ3) is 4.41. The fourth-order valence-electron chi connectivity index (χ4n) is 3.31. The zero-order chi connectivity index (χ0) is 20.5. The Labute approximate surface area is 164 Å². The van der Waals surface area contributed by atoms with Crippen LogP contribution in [0.5, 0.6) is 0 Å². The first-order valence-corrected chi connectivity index (χ1v) is 10.8. The number of carbonyl (C=O) groups excluding carboxylic acids is 2. The number of Topliss-reactive ketones (excluding diaryl/α,β-unsaturated/α-hetero) is 1. The molecule has 1 aromatic carbocycles. The molecule has 0 amide bonds. The van der Waals surface area contributed by atoms with E-state index in [0.29, 0.717) is 30.6 Å². The van der Waals surface area contributed by atoms with Crippen molar-refractivity contribution in [1.29, 1.82) is 0 Å². The maximum absolute atomic E-state index is 12.4. The smallest absolute Gasteiger partial charge is 0.328 e. The van der Waals surface area contributed by atoms with Crippen molar-refractivity contribution in [2.45, 2.75) is 33.2 Å². The van der Waals surface area contributed by atoms with Crippen molar-refractivity contribution in [2.75, 3.05) is 23.7 Å². The molecule has 0 fully saturated rings. The van der Waals surface area contributed by atoms with Crippen LogP contribution in [0.4, 0.5) is 5.69 Å². The molecule has 8 nitrogen and oxygen atoms in total. The van der Waals surface area contributed by atoms with Gasteiger partial charge in [0.15, 0.2) is 12.4 Å². The molecule has 2 heterocycles. The summed E-state index contributed by atoms with van der Waals surface area (Å²) in [4.78, 5) is 24.4. The van der Waals surface area contributed by atoms with Crippen LogP contribution in [-0.4, -0.2) is 49.4 Å². The fraction of sp³-hybridized carbons (Fsp3) is 0.421. The number of nitrogens with zero attached hydrogens (tertiary/aromatic N) is 3. The molecule has 0 unspecified atom stereocenters. The molecule has 3 rings (SSSR count). The lowest BCUT2D eigenvalue weighted by Crippen LogP contribution is -2.34. The fourth-order valence-corrected chi connectivity index (χ4v) is 4.31. The highest BCUT2D eigenvalue weighted by Gasteiger charge is 2.24. The third-order valence-electron chi connectivity index (χ3n) is 4.62. The topological polar surface area (TPSA) is 98.6 Å². The standard InChI is InChI=1S/C19H23N3O5S/c1-13-9-14(2)21(20-13)11-19(24)27-12-18(23)16-6-7-17-15(10-16)5-4-8-22(17)28(3,25)26/h6-7,9-10H,4-5,8,11-12H2,1-3H3. The van der Waals surface area contributed by atoms with E-state index >= 15 is 0 Å². The van der Waals surface area contributed by atoms with Crippen molar-refractivity contribution in [3.63, 3.8) is 0 Å². The van der Waals surface area contributed by atoms with Gasteiger partial charge in [-0.25, -0.2) is 8.42 Å². The average Bonchev–Trinajstić information content (AvgIpc) is 2.94. The Balaban J connectivity index is 1.65. The predicted octanol–water partition coefficient (Wildman–Crippen LogP) is 1.64. The molecule has 0 atom stereocenters. The van der Waals surface area contributed by atoms with Gasteiger partial charge in [0.1, 0.15) is 6.54 Å². The summed E-state index contributed by atoms with van der Waals surface area (Å²) in [6.45, 7) is 3.68. The van der Waals surface area contributed by atoms with Crippen LogP contribution in [-0.2, 0) is 32.5 Å². The largest absolute Gasteiger partial charge is 0.456 e. The van der Waals surface area contributed by atoms with E-state index in [-0.39, 0.29) is 18.9 Å². The van der Waals surface area contributed by atoms with Crippen molar-refractivity contribution in [2.24, 2.45) is 0 Å². The Morgan fingerprint density at radius 1 is 1.21 bits per heavy atom. The Hall–Kier alpha value is -2.68. The summed E-state index contributed by atoms with van der Waals surface area (Å²) in [5.41, 5.74) is 3.45. The number of rotatable bonds is 6. The van der Waals surface area contributed by atoms with Crippen LogP contribution in [0.25, 0.3) is 0 Å². The highest BCUT2D eigenvalue weighted by molar-refractivity contribution is 7.92. The summed E-state index contributed by atoms with van der Waals surface area (Å²) in [6.07, 6.45) is 2.55. The molecule has 1 aliphatic rings. The summed E-state index contributed by atoms with van der Waals surface area (Å²) in [6, 6.07) is 6.75. The highest BCUT2D eigenvalue weighted by atomic mass is 32.2. The second-order valence-electron chi connectivity index (χ2n) is 6.95. The van der Waals surface area contributed by atoms with Gasteiger partial charge < -0.3 is 4.74 Å². The molecule has 0 N–H and O–H groups in total. The number of anilines is 1. The number of esters is 1. The van der Waals surface area contributed by atoms with Crippen molar-refractivity contribution >= 4 is 27.5 Å². The van der Waals surface area contributed by atoms with Crippen LogP contribution in [0.15, 0.2) is 24.3 Å². The molecule has 0 spiro atoms. The van der Waals surface area contributed by atoms with Crippen LogP contribution in [0.2, 0.25) is 0 Å². The van der Waals surface area contributed by atoms with Crippen LogP contribution in [0, 0.1) is 13.8 Å². The molecule has 1 aliphatic heterocycles. The second-order valence-corrected chi connectivity index (χ2v) is 8.86. The van der Waals surface area contributed by atoms with E-state index in [4.69, 9.17) is 4.74 Å². The molecule has 0 bridgehead atoms. The third-order valence-corrected chi connectivity index (χ3v) is 5.80. The number of hydrogen-bond acceptors (Lipinski definition) is 6. The number of aryl methyl sites for hydroxylation is 3. The number of sulfonamides is 1. The van der Waals surface area contributed by atoms with E-state index in [1.54, 1.807) is 18.2 Å². The lowest BCUT2D eigenvalue weighted by Gasteiger charge is -2.29. The van der Waals surface area contributed by atoms with E-state index in [0.717, 1.165) is 17.0 Å². The summed E-state index contributed by atoms with van der Waals surface area (Å²) < 4.78 is 31.8. The normalized spacial score (nSPS) is 13.9. The number of benzene rings is 1. The number of ketones is 1. The number of hydrogen-bond donors (Lipinski definition) is 0. The Bertz CT molecular complexity index is 1030. The minimum absolute atomic E-state index is 0.0551. The quantitative estimate of drug-likeness (QED) is 0.535. The first-order valence-electron chi connectivity index (χ1n) is 8.95. The molecule has 0 radical (unpaired) electrons.